The molecule has 3 rings (SSSR count). The molecule has 0 fully saturated rings. The van der Waals surface area contributed by atoms with Crippen LogP contribution in [-0.2, 0) is 0 Å². The van der Waals surface area contributed by atoms with E-state index in [4.69, 9.17) is 9.47 Å². The molecule has 0 radical (unpaired) electrons. The van der Waals surface area contributed by atoms with Gasteiger partial charge in [-0.2, -0.15) is 0 Å². The van der Waals surface area contributed by atoms with Gasteiger partial charge < -0.3 is 14.6 Å². The molecule has 0 saturated carbocycles. The average molecular weight is 216 g/mol. The topological polar surface area (TPSA) is 38.7 Å². The van der Waals surface area contributed by atoms with E-state index in [-0.39, 0.29) is 13.2 Å². The number of aliphatic hydroxyl groups excluding tert-OH is 1. The molecule has 0 amide bonds. The van der Waals surface area contributed by atoms with Gasteiger partial charge in [0.1, 0.15) is 19.3 Å². The average Bonchev–Trinajstić information content (AvgIpc) is 2.49. The number of fused-ring (bicyclic) bond motifs is 2. The van der Waals surface area contributed by atoms with Crippen LogP contribution in [-0.4, -0.2) is 24.4 Å². The second kappa shape index (κ2) is 3.68. The van der Waals surface area contributed by atoms with E-state index in [1.165, 1.54) is 0 Å². The summed E-state index contributed by atoms with van der Waals surface area (Å²) in [6, 6.07) is 11.9. The molecule has 3 heteroatoms. The summed E-state index contributed by atoms with van der Waals surface area (Å²) in [4.78, 5) is 0. The van der Waals surface area contributed by atoms with Gasteiger partial charge >= 0.3 is 0 Å². The molecule has 82 valence electrons. The Morgan fingerprint density at radius 3 is 1.94 bits per heavy atom. The van der Waals surface area contributed by atoms with Gasteiger partial charge in [-0.25, -0.2) is 0 Å². The normalized spacial score (nSPS) is 16.1. The van der Waals surface area contributed by atoms with Crippen LogP contribution in [0, 0.1) is 0 Å². The smallest absolute Gasteiger partial charge is 0.161 e. The highest BCUT2D eigenvalue weighted by Crippen LogP contribution is 2.33. The monoisotopic (exact) mass is 216 g/mol. The summed E-state index contributed by atoms with van der Waals surface area (Å²) in [5.41, 5.74) is 0. The Hall–Kier alpha value is -1.74. The van der Waals surface area contributed by atoms with Crippen molar-refractivity contribution in [1.82, 2.24) is 0 Å². The SMILES string of the molecule is OC1COc2cc3ccccc3cc2OC1. The highest BCUT2D eigenvalue weighted by Gasteiger charge is 2.16. The summed E-state index contributed by atoms with van der Waals surface area (Å²) >= 11 is 0. The van der Waals surface area contributed by atoms with Crippen molar-refractivity contribution < 1.29 is 14.6 Å². The molecule has 0 unspecified atom stereocenters. The fourth-order valence-electron chi connectivity index (χ4n) is 1.84. The molecule has 3 nitrogen and oxygen atoms in total. The predicted molar refractivity (Wildman–Crippen MR) is 60.9 cm³/mol. The third kappa shape index (κ3) is 1.59. The molecule has 0 saturated heterocycles. The first kappa shape index (κ1) is 9.48. The number of benzene rings is 2. The molecule has 16 heavy (non-hydrogen) atoms. The van der Waals surface area contributed by atoms with Crippen molar-refractivity contribution in [1.29, 1.82) is 0 Å². The lowest BCUT2D eigenvalue weighted by atomic mass is 10.1. The third-order valence-corrected chi connectivity index (χ3v) is 2.67. The lowest BCUT2D eigenvalue weighted by molar-refractivity contribution is 0.0802. The van der Waals surface area contributed by atoms with Crippen molar-refractivity contribution in [3.05, 3.63) is 36.4 Å². The van der Waals surface area contributed by atoms with Crippen molar-refractivity contribution >= 4 is 10.8 Å². The van der Waals surface area contributed by atoms with Crippen LogP contribution in [0.25, 0.3) is 10.8 Å². The molecule has 2 aromatic carbocycles. The summed E-state index contributed by atoms with van der Waals surface area (Å²) in [6.45, 7) is 0.566. The number of ether oxygens (including phenoxy) is 2. The lowest BCUT2D eigenvalue weighted by Gasteiger charge is -2.08. The van der Waals surface area contributed by atoms with Crippen LogP contribution in [0.4, 0.5) is 0 Å². The van der Waals surface area contributed by atoms with Gasteiger partial charge in [0.25, 0.3) is 0 Å². The van der Waals surface area contributed by atoms with Crippen LogP contribution in [0.1, 0.15) is 0 Å². The summed E-state index contributed by atoms with van der Waals surface area (Å²) in [5.74, 6) is 1.41. The Morgan fingerprint density at radius 1 is 0.938 bits per heavy atom. The first-order chi connectivity index (χ1) is 7.83. The third-order valence-electron chi connectivity index (χ3n) is 2.67. The van der Waals surface area contributed by atoms with E-state index in [2.05, 4.69) is 0 Å². The molecule has 0 aliphatic carbocycles. The first-order valence-corrected chi connectivity index (χ1v) is 5.29. The molecule has 0 atom stereocenters. The Labute approximate surface area is 93.2 Å². The minimum atomic E-state index is -0.560. The van der Waals surface area contributed by atoms with E-state index in [1.807, 2.05) is 36.4 Å². The fourth-order valence-corrected chi connectivity index (χ4v) is 1.84. The molecular weight excluding hydrogens is 204 g/mol. The van der Waals surface area contributed by atoms with Crippen molar-refractivity contribution in [2.24, 2.45) is 0 Å². The molecule has 2 aromatic rings. The molecule has 0 spiro atoms. The molecule has 1 N–H and O–H groups in total. The Balaban J connectivity index is 2.13. The van der Waals surface area contributed by atoms with Crippen LogP contribution in [0.3, 0.4) is 0 Å². The molecule has 1 aliphatic rings. The Kier molecular flexibility index (Phi) is 2.18. The zero-order valence-corrected chi connectivity index (χ0v) is 8.72. The van der Waals surface area contributed by atoms with Crippen LogP contribution in [0.2, 0.25) is 0 Å². The van der Waals surface area contributed by atoms with Gasteiger partial charge in [0, 0.05) is 0 Å². The van der Waals surface area contributed by atoms with E-state index in [9.17, 15) is 5.11 Å². The molecule has 0 bridgehead atoms. The van der Waals surface area contributed by atoms with Gasteiger partial charge in [-0.3, -0.25) is 0 Å². The second-order valence-electron chi connectivity index (χ2n) is 3.92. The summed E-state index contributed by atoms with van der Waals surface area (Å²) in [7, 11) is 0. The van der Waals surface area contributed by atoms with Gasteiger partial charge in [-0.1, -0.05) is 24.3 Å². The Bertz CT molecular complexity index is 475. The zero-order valence-electron chi connectivity index (χ0n) is 8.72. The maximum absolute atomic E-state index is 9.45. The highest BCUT2D eigenvalue weighted by atomic mass is 16.5. The van der Waals surface area contributed by atoms with Crippen molar-refractivity contribution in [2.75, 3.05) is 13.2 Å². The van der Waals surface area contributed by atoms with Crippen LogP contribution < -0.4 is 9.47 Å². The van der Waals surface area contributed by atoms with Crippen molar-refractivity contribution in [2.45, 2.75) is 6.10 Å². The molecule has 1 heterocycles. The van der Waals surface area contributed by atoms with E-state index >= 15 is 0 Å². The highest BCUT2D eigenvalue weighted by molar-refractivity contribution is 5.86. The van der Waals surface area contributed by atoms with E-state index in [0.29, 0.717) is 11.5 Å². The standard InChI is InChI=1S/C13H12O3/c14-11-7-15-12-5-9-3-1-2-4-10(9)6-13(12)16-8-11/h1-6,11,14H,7-8H2. The minimum Gasteiger partial charge on any atom is -0.487 e. The molecular formula is C13H12O3. The summed E-state index contributed by atoms with van der Waals surface area (Å²) < 4.78 is 11.0. The van der Waals surface area contributed by atoms with Gasteiger partial charge in [0.2, 0.25) is 0 Å². The number of aliphatic hydroxyl groups is 1. The quantitative estimate of drug-likeness (QED) is 0.731. The second-order valence-corrected chi connectivity index (χ2v) is 3.92. The lowest BCUT2D eigenvalue weighted by Crippen LogP contribution is -2.21. The number of hydrogen-bond acceptors (Lipinski definition) is 3. The van der Waals surface area contributed by atoms with Crippen LogP contribution in [0.15, 0.2) is 36.4 Å². The maximum Gasteiger partial charge on any atom is 0.161 e. The first-order valence-electron chi connectivity index (χ1n) is 5.29. The summed E-state index contributed by atoms with van der Waals surface area (Å²) in [6.07, 6.45) is -0.560. The Morgan fingerprint density at radius 2 is 1.44 bits per heavy atom. The van der Waals surface area contributed by atoms with E-state index in [1.54, 1.807) is 0 Å². The van der Waals surface area contributed by atoms with Gasteiger partial charge in [0.05, 0.1) is 0 Å². The maximum atomic E-state index is 9.45. The van der Waals surface area contributed by atoms with E-state index < -0.39 is 6.10 Å². The van der Waals surface area contributed by atoms with Gasteiger partial charge in [0.15, 0.2) is 11.5 Å². The predicted octanol–water partition coefficient (Wildman–Crippen LogP) is 1.97. The van der Waals surface area contributed by atoms with Gasteiger partial charge in [-0.15, -0.1) is 0 Å². The van der Waals surface area contributed by atoms with Gasteiger partial charge in [-0.05, 0) is 22.9 Å². The summed E-state index contributed by atoms with van der Waals surface area (Å²) in [5, 5.41) is 11.7. The number of rotatable bonds is 0. The molecule has 1 aliphatic heterocycles. The van der Waals surface area contributed by atoms with Crippen LogP contribution in [0.5, 0.6) is 11.5 Å². The minimum absolute atomic E-state index is 0.283. The number of hydrogen-bond donors (Lipinski definition) is 1. The largest absolute Gasteiger partial charge is 0.487 e. The van der Waals surface area contributed by atoms with Crippen molar-refractivity contribution in [3.63, 3.8) is 0 Å². The van der Waals surface area contributed by atoms with Crippen LogP contribution >= 0.6 is 0 Å². The zero-order chi connectivity index (χ0) is 11.0. The van der Waals surface area contributed by atoms with E-state index in [0.717, 1.165) is 10.8 Å². The molecule has 0 aromatic heterocycles. The van der Waals surface area contributed by atoms with Crippen molar-refractivity contribution in [3.8, 4) is 11.5 Å². The fraction of sp³-hybridized carbons (Fsp3) is 0.231.